The zero-order valence-corrected chi connectivity index (χ0v) is 11.6. The fourth-order valence-electron chi connectivity index (χ4n) is 1.87. The highest BCUT2D eigenvalue weighted by atomic mass is 32.1. The molecule has 2 heterocycles. The van der Waals surface area contributed by atoms with Gasteiger partial charge in [-0.2, -0.15) is 0 Å². The second-order valence-electron chi connectivity index (χ2n) is 4.25. The molecule has 1 aromatic carbocycles. The highest BCUT2D eigenvalue weighted by Crippen LogP contribution is 2.30. The van der Waals surface area contributed by atoms with Gasteiger partial charge in [0.25, 0.3) is 0 Å². The van der Waals surface area contributed by atoms with E-state index in [0.717, 1.165) is 26.6 Å². The number of hydrogen-bond acceptors (Lipinski definition) is 5. The summed E-state index contributed by atoms with van der Waals surface area (Å²) in [4.78, 5) is 20.0. The third kappa shape index (κ3) is 2.21. The van der Waals surface area contributed by atoms with E-state index >= 15 is 0 Å². The minimum atomic E-state index is -0.429. The number of amides is 1. The Bertz CT molecular complexity index is 779. The van der Waals surface area contributed by atoms with Crippen LogP contribution in [0.5, 0.6) is 0 Å². The quantitative estimate of drug-likeness (QED) is 0.774. The summed E-state index contributed by atoms with van der Waals surface area (Å²) in [6, 6.07) is 9.14. The number of primary amides is 1. The molecular weight excluding hydrogens is 272 g/mol. The maximum Gasteiger partial charge on any atom is 0.248 e. The van der Waals surface area contributed by atoms with Crippen LogP contribution < -0.4 is 11.1 Å². The Kier molecular flexibility index (Phi) is 3.08. The van der Waals surface area contributed by atoms with E-state index in [9.17, 15) is 4.79 Å². The van der Waals surface area contributed by atoms with Gasteiger partial charge in [-0.15, -0.1) is 11.3 Å². The van der Waals surface area contributed by atoms with E-state index in [0.29, 0.717) is 5.56 Å². The number of carbonyl (C=O) groups is 1. The number of nitrogens with zero attached hydrogens (tertiary/aromatic N) is 2. The maximum absolute atomic E-state index is 11.2. The van der Waals surface area contributed by atoms with Crippen LogP contribution in [0.1, 0.15) is 10.4 Å². The Hall–Kier alpha value is -2.47. The first-order chi connectivity index (χ1) is 9.67. The molecule has 2 aromatic heterocycles. The first-order valence-electron chi connectivity index (χ1n) is 6.02. The first-order valence-corrected chi connectivity index (χ1v) is 6.83. The summed E-state index contributed by atoms with van der Waals surface area (Å²) in [6.07, 6.45) is 1.78. The van der Waals surface area contributed by atoms with E-state index in [1.54, 1.807) is 18.3 Å². The largest absolute Gasteiger partial charge is 0.373 e. The van der Waals surface area contributed by atoms with E-state index in [-0.39, 0.29) is 0 Å². The number of hydrogen-bond donors (Lipinski definition) is 2. The molecule has 20 heavy (non-hydrogen) atoms. The number of benzene rings is 1. The Morgan fingerprint density at radius 1 is 1.30 bits per heavy atom. The third-order valence-corrected chi connectivity index (χ3v) is 4.01. The molecular formula is C14H12N4OS. The second kappa shape index (κ2) is 4.90. The van der Waals surface area contributed by atoms with Gasteiger partial charge in [0.1, 0.15) is 10.8 Å². The van der Waals surface area contributed by atoms with Gasteiger partial charge in [0.2, 0.25) is 5.91 Å². The van der Waals surface area contributed by atoms with Crippen molar-refractivity contribution in [1.82, 2.24) is 9.97 Å². The van der Waals surface area contributed by atoms with E-state index in [1.807, 2.05) is 25.2 Å². The number of nitrogens with two attached hydrogens (primary N) is 1. The van der Waals surface area contributed by atoms with Gasteiger partial charge in [-0.1, -0.05) is 0 Å². The predicted molar refractivity (Wildman–Crippen MR) is 80.9 cm³/mol. The van der Waals surface area contributed by atoms with Crippen molar-refractivity contribution in [2.24, 2.45) is 5.73 Å². The average molecular weight is 284 g/mol. The first kappa shape index (κ1) is 12.6. The molecule has 0 atom stereocenters. The molecule has 0 bridgehead atoms. The van der Waals surface area contributed by atoms with Crippen LogP contribution in [0.2, 0.25) is 0 Å². The summed E-state index contributed by atoms with van der Waals surface area (Å²) in [7, 11) is 1.82. The number of fused-ring (bicyclic) bond motifs is 1. The van der Waals surface area contributed by atoms with Crippen molar-refractivity contribution in [2.45, 2.75) is 0 Å². The van der Waals surface area contributed by atoms with Crippen LogP contribution in [0.15, 0.2) is 36.5 Å². The predicted octanol–water partition coefficient (Wildman–Crippen LogP) is 2.50. The lowest BCUT2D eigenvalue weighted by Crippen LogP contribution is -2.10. The highest BCUT2D eigenvalue weighted by Gasteiger charge is 2.09. The van der Waals surface area contributed by atoms with Gasteiger partial charge < -0.3 is 11.1 Å². The van der Waals surface area contributed by atoms with E-state index < -0.39 is 5.91 Å². The molecule has 3 aromatic rings. The van der Waals surface area contributed by atoms with E-state index in [2.05, 4.69) is 15.3 Å². The summed E-state index contributed by atoms with van der Waals surface area (Å²) in [5.41, 5.74) is 7.58. The number of nitrogens with one attached hydrogen (secondary N) is 1. The van der Waals surface area contributed by atoms with Crippen molar-refractivity contribution in [3.8, 4) is 10.6 Å². The van der Waals surface area contributed by atoms with Crippen molar-refractivity contribution < 1.29 is 4.79 Å². The molecule has 6 heteroatoms. The SMILES string of the molecule is CNc1ccc(-c2nc3ccc(C(N)=O)cc3s2)cn1. The Morgan fingerprint density at radius 3 is 2.80 bits per heavy atom. The Balaban J connectivity index is 2.05. The summed E-state index contributed by atoms with van der Waals surface area (Å²) in [5, 5.41) is 3.84. The van der Waals surface area contributed by atoms with Crippen LogP contribution in [0.3, 0.4) is 0 Å². The van der Waals surface area contributed by atoms with Gasteiger partial charge in [-0.25, -0.2) is 9.97 Å². The molecule has 0 saturated heterocycles. The topological polar surface area (TPSA) is 80.9 Å². The molecule has 0 fully saturated rings. The standard InChI is InChI=1S/C14H12N4OS/c1-16-12-5-3-9(7-17-12)14-18-10-4-2-8(13(15)19)6-11(10)20-14/h2-7H,1H3,(H2,15,19)(H,16,17). The molecule has 0 saturated carbocycles. The fraction of sp³-hybridized carbons (Fsp3) is 0.0714. The summed E-state index contributed by atoms with van der Waals surface area (Å²) in [5.74, 6) is 0.382. The number of carbonyl (C=O) groups excluding carboxylic acids is 1. The van der Waals surface area contributed by atoms with Crippen LogP contribution in [0.25, 0.3) is 20.8 Å². The van der Waals surface area contributed by atoms with Crippen LogP contribution in [0.4, 0.5) is 5.82 Å². The molecule has 0 aliphatic heterocycles. The Morgan fingerprint density at radius 2 is 2.15 bits per heavy atom. The van der Waals surface area contributed by atoms with Crippen LogP contribution >= 0.6 is 11.3 Å². The normalized spacial score (nSPS) is 10.7. The van der Waals surface area contributed by atoms with Crippen molar-refractivity contribution in [3.63, 3.8) is 0 Å². The van der Waals surface area contributed by atoms with Gasteiger partial charge in [0, 0.05) is 24.4 Å². The fourth-order valence-corrected chi connectivity index (χ4v) is 2.86. The van der Waals surface area contributed by atoms with Crippen molar-refractivity contribution in [2.75, 3.05) is 12.4 Å². The minimum Gasteiger partial charge on any atom is -0.373 e. The number of rotatable bonds is 3. The molecule has 3 rings (SSSR count). The average Bonchev–Trinajstić information content (AvgIpc) is 2.90. The molecule has 1 amide bonds. The second-order valence-corrected chi connectivity index (χ2v) is 5.28. The number of anilines is 1. The lowest BCUT2D eigenvalue weighted by Gasteiger charge is -1.99. The molecule has 3 N–H and O–H groups in total. The van der Waals surface area contributed by atoms with Gasteiger partial charge >= 0.3 is 0 Å². The molecule has 100 valence electrons. The summed E-state index contributed by atoms with van der Waals surface area (Å²) >= 11 is 1.52. The molecule has 5 nitrogen and oxygen atoms in total. The van der Waals surface area contributed by atoms with Crippen LogP contribution in [-0.2, 0) is 0 Å². The monoisotopic (exact) mass is 284 g/mol. The van der Waals surface area contributed by atoms with Gasteiger partial charge in [0.15, 0.2) is 0 Å². The molecule has 0 spiro atoms. The lowest BCUT2D eigenvalue weighted by atomic mass is 10.2. The van der Waals surface area contributed by atoms with Crippen molar-refractivity contribution in [3.05, 3.63) is 42.1 Å². The van der Waals surface area contributed by atoms with Gasteiger partial charge in [-0.3, -0.25) is 4.79 Å². The van der Waals surface area contributed by atoms with E-state index in [4.69, 9.17) is 5.73 Å². The highest BCUT2D eigenvalue weighted by molar-refractivity contribution is 7.21. The minimum absolute atomic E-state index is 0.429. The lowest BCUT2D eigenvalue weighted by molar-refractivity contribution is 0.100. The smallest absolute Gasteiger partial charge is 0.248 e. The van der Waals surface area contributed by atoms with Gasteiger partial charge in [-0.05, 0) is 30.3 Å². The number of thiazole rings is 1. The molecule has 0 unspecified atom stereocenters. The van der Waals surface area contributed by atoms with Crippen molar-refractivity contribution >= 4 is 33.3 Å². The van der Waals surface area contributed by atoms with Gasteiger partial charge in [0.05, 0.1) is 10.2 Å². The third-order valence-electron chi connectivity index (χ3n) is 2.94. The Labute approximate surface area is 119 Å². The van der Waals surface area contributed by atoms with E-state index in [1.165, 1.54) is 11.3 Å². The zero-order chi connectivity index (χ0) is 14.1. The van der Waals surface area contributed by atoms with Crippen LogP contribution in [0, 0.1) is 0 Å². The number of pyridine rings is 1. The molecule has 0 radical (unpaired) electrons. The maximum atomic E-state index is 11.2. The zero-order valence-electron chi connectivity index (χ0n) is 10.8. The summed E-state index contributed by atoms with van der Waals surface area (Å²) < 4.78 is 0.939. The molecule has 0 aliphatic rings. The van der Waals surface area contributed by atoms with Crippen LogP contribution in [-0.4, -0.2) is 22.9 Å². The molecule has 0 aliphatic carbocycles. The summed E-state index contributed by atoms with van der Waals surface area (Å²) in [6.45, 7) is 0. The van der Waals surface area contributed by atoms with Crippen molar-refractivity contribution in [1.29, 1.82) is 0 Å². The number of aromatic nitrogens is 2.